The second-order valence-corrected chi connectivity index (χ2v) is 9.81. The van der Waals surface area contributed by atoms with Crippen molar-refractivity contribution in [2.45, 2.75) is 6.61 Å². The van der Waals surface area contributed by atoms with Gasteiger partial charge in [-0.1, -0.05) is 30.3 Å². The molecule has 0 aliphatic carbocycles. The molecular formula is C24H14F2I2N2O3S. The van der Waals surface area contributed by atoms with Gasteiger partial charge in [-0.25, -0.2) is 13.7 Å². The van der Waals surface area contributed by atoms with E-state index in [-0.39, 0.29) is 28.8 Å². The highest BCUT2D eigenvalue weighted by Gasteiger charge is 2.35. The topological polar surface area (TPSA) is 58.6 Å². The molecule has 0 aromatic heterocycles. The molecule has 10 heteroatoms. The maximum atomic E-state index is 14.3. The normalized spacial score (nSPS) is 15.0. The third-order valence-corrected chi connectivity index (χ3v) is 6.74. The molecule has 172 valence electrons. The number of halogens is 4. The number of thiocarbonyl (C=S) groups is 1. The summed E-state index contributed by atoms with van der Waals surface area (Å²) >= 11 is 9.25. The predicted octanol–water partition coefficient (Wildman–Crippen LogP) is 5.58. The lowest BCUT2D eigenvalue weighted by molar-refractivity contribution is -0.122. The highest BCUT2D eigenvalue weighted by Crippen LogP contribution is 2.31. The van der Waals surface area contributed by atoms with Gasteiger partial charge in [0.25, 0.3) is 11.8 Å². The SMILES string of the molecule is O=C1NC(=S)N(c2ccccc2F)C(=O)/C1=C/c1cc(I)c(OCc2ccccc2F)c(I)c1. The Morgan fingerprint density at radius 1 is 0.971 bits per heavy atom. The van der Waals surface area contributed by atoms with Crippen molar-refractivity contribution in [3.05, 3.63) is 96.1 Å². The van der Waals surface area contributed by atoms with E-state index in [4.69, 9.17) is 17.0 Å². The van der Waals surface area contributed by atoms with Gasteiger partial charge in [0.15, 0.2) is 5.11 Å². The van der Waals surface area contributed by atoms with E-state index in [1.54, 1.807) is 36.4 Å². The number of ether oxygens (including phenoxy) is 1. The minimum absolute atomic E-state index is 0.0506. The van der Waals surface area contributed by atoms with Gasteiger partial charge in [-0.2, -0.15) is 0 Å². The summed E-state index contributed by atoms with van der Waals surface area (Å²) < 4.78 is 35.5. The van der Waals surface area contributed by atoms with Gasteiger partial charge in [0.1, 0.15) is 29.6 Å². The van der Waals surface area contributed by atoms with Gasteiger partial charge in [-0.3, -0.25) is 14.9 Å². The Bertz CT molecular complexity index is 1340. The number of benzene rings is 3. The first kappa shape index (κ1) is 24.7. The lowest BCUT2D eigenvalue weighted by atomic mass is 10.1. The molecule has 1 saturated heterocycles. The summed E-state index contributed by atoms with van der Waals surface area (Å²) in [5.41, 5.74) is 0.744. The van der Waals surface area contributed by atoms with E-state index in [0.29, 0.717) is 24.0 Å². The Balaban J connectivity index is 1.63. The number of carbonyl (C=O) groups is 2. The fourth-order valence-electron chi connectivity index (χ4n) is 3.24. The number of anilines is 1. The van der Waals surface area contributed by atoms with E-state index in [1.807, 2.05) is 0 Å². The van der Waals surface area contributed by atoms with Crippen LogP contribution in [0, 0.1) is 18.8 Å². The van der Waals surface area contributed by atoms with E-state index in [1.165, 1.54) is 30.3 Å². The van der Waals surface area contributed by atoms with E-state index < -0.39 is 17.6 Å². The number of nitrogens with zero attached hydrogens (tertiary/aromatic N) is 1. The van der Waals surface area contributed by atoms with Crippen LogP contribution in [0.15, 0.2) is 66.2 Å². The minimum Gasteiger partial charge on any atom is -0.487 e. The molecule has 1 fully saturated rings. The Kier molecular flexibility index (Phi) is 7.57. The van der Waals surface area contributed by atoms with E-state index in [9.17, 15) is 18.4 Å². The fraction of sp³-hybridized carbons (Fsp3) is 0.0417. The van der Waals surface area contributed by atoms with Gasteiger partial charge >= 0.3 is 0 Å². The average Bonchev–Trinajstić information content (AvgIpc) is 2.78. The number of carbonyl (C=O) groups excluding carboxylic acids is 2. The first-order valence-corrected chi connectivity index (χ1v) is 12.3. The Morgan fingerprint density at radius 3 is 2.24 bits per heavy atom. The summed E-state index contributed by atoms with van der Waals surface area (Å²) in [6.45, 7) is 0.0506. The van der Waals surface area contributed by atoms with Crippen LogP contribution >= 0.6 is 57.4 Å². The Labute approximate surface area is 226 Å². The molecule has 0 bridgehead atoms. The lowest BCUT2D eigenvalue weighted by Gasteiger charge is -2.29. The predicted molar refractivity (Wildman–Crippen MR) is 145 cm³/mol. The number of amides is 2. The van der Waals surface area contributed by atoms with Crippen LogP contribution in [0.3, 0.4) is 0 Å². The molecule has 5 nitrogen and oxygen atoms in total. The number of nitrogens with one attached hydrogen (secondary N) is 1. The number of hydrogen-bond acceptors (Lipinski definition) is 4. The maximum absolute atomic E-state index is 14.3. The third-order valence-electron chi connectivity index (χ3n) is 4.86. The molecule has 1 aliphatic heterocycles. The largest absolute Gasteiger partial charge is 0.487 e. The van der Waals surface area contributed by atoms with Crippen molar-refractivity contribution in [2.75, 3.05) is 4.90 Å². The zero-order chi connectivity index (χ0) is 24.4. The molecular weight excluding hydrogens is 688 g/mol. The van der Waals surface area contributed by atoms with E-state index in [0.717, 1.165) is 4.90 Å². The average molecular weight is 702 g/mol. The number of hydrogen-bond donors (Lipinski definition) is 1. The fourth-order valence-corrected chi connectivity index (χ4v) is 5.64. The smallest absolute Gasteiger partial charge is 0.270 e. The summed E-state index contributed by atoms with van der Waals surface area (Å²) in [6.07, 6.45) is 1.41. The van der Waals surface area contributed by atoms with Crippen LogP contribution < -0.4 is 15.0 Å². The van der Waals surface area contributed by atoms with Crippen molar-refractivity contribution < 1.29 is 23.1 Å². The minimum atomic E-state index is -0.733. The van der Waals surface area contributed by atoms with Crippen LogP contribution in [0.1, 0.15) is 11.1 Å². The third kappa shape index (κ3) is 5.13. The molecule has 2 amide bonds. The molecule has 1 heterocycles. The molecule has 0 saturated carbocycles. The van der Waals surface area contributed by atoms with E-state index >= 15 is 0 Å². The van der Waals surface area contributed by atoms with Crippen molar-refractivity contribution in [2.24, 2.45) is 0 Å². The molecule has 0 unspecified atom stereocenters. The van der Waals surface area contributed by atoms with Crippen molar-refractivity contribution >= 4 is 86.1 Å². The molecule has 3 aromatic carbocycles. The van der Waals surface area contributed by atoms with Gasteiger partial charge in [-0.15, -0.1) is 0 Å². The molecule has 3 aromatic rings. The summed E-state index contributed by atoms with van der Waals surface area (Å²) in [5.74, 6) is -1.85. The monoisotopic (exact) mass is 702 g/mol. The zero-order valence-electron chi connectivity index (χ0n) is 17.2. The Morgan fingerprint density at radius 2 is 1.59 bits per heavy atom. The molecule has 0 spiro atoms. The second kappa shape index (κ2) is 10.4. The first-order chi connectivity index (χ1) is 16.3. The zero-order valence-corrected chi connectivity index (χ0v) is 22.3. The van der Waals surface area contributed by atoms with Crippen LogP contribution in [0.4, 0.5) is 14.5 Å². The van der Waals surface area contributed by atoms with Gasteiger partial charge in [0.2, 0.25) is 0 Å². The van der Waals surface area contributed by atoms with Gasteiger partial charge < -0.3 is 4.74 Å². The van der Waals surface area contributed by atoms with Gasteiger partial charge in [0.05, 0.1) is 12.8 Å². The van der Waals surface area contributed by atoms with Crippen LogP contribution in [0.2, 0.25) is 0 Å². The van der Waals surface area contributed by atoms with Crippen LogP contribution in [0.5, 0.6) is 5.75 Å². The number of rotatable bonds is 5. The summed E-state index contributed by atoms with van der Waals surface area (Å²) in [7, 11) is 0. The molecule has 1 N–H and O–H groups in total. The Hall–Kier alpha value is -2.45. The first-order valence-electron chi connectivity index (χ1n) is 9.77. The quantitative estimate of drug-likeness (QED) is 0.163. The highest BCUT2D eigenvalue weighted by molar-refractivity contribution is 14.1. The van der Waals surface area contributed by atoms with E-state index in [2.05, 4.69) is 50.5 Å². The van der Waals surface area contributed by atoms with Gasteiger partial charge in [0, 0.05) is 5.56 Å². The standard InChI is InChI=1S/C24H14F2I2N2O3S/c25-16-6-2-1-5-14(16)12-33-21-18(27)10-13(11-19(21)28)9-15-22(31)29-24(34)30(23(15)32)20-8-4-3-7-17(20)26/h1-11H,12H2,(H,29,31,34)/b15-9+. The second-order valence-electron chi connectivity index (χ2n) is 7.10. The molecule has 4 rings (SSSR count). The van der Waals surface area contributed by atoms with Gasteiger partial charge in [-0.05, 0) is 99.4 Å². The van der Waals surface area contributed by atoms with Crippen LogP contribution in [-0.4, -0.2) is 16.9 Å². The molecule has 34 heavy (non-hydrogen) atoms. The summed E-state index contributed by atoms with van der Waals surface area (Å²) in [5, 5.41) is 2.24. The van der Waals surface area contributed by atoms with Crippen molar-refractivity contribution in [1.82, 2.24) is 5.32 Å². The van der Waals surface area contributed by atoms with Crippen molar-refractivity contribution in [3.63, 3.8) is 0 Å². The summed E-state index contributed by atoms with van der Waals surface area (Å²) in [4.78, 5) is 26.6. The lowest BCUT2D eigenvalue weighted by Crippen LogP contribution is -2.54. The number of para-hydroxylation sites is 1. The molecule has 1 aliphatic rings. The molecule has 0 radical (unpaired) electrons. The molecule has 0 atom stereocenters. The maximum Gasteiger partial charge on any atom is 0.270 e. The van der Waals surface area contributed by atoms with Crippen molar-refractivity contribution in [3.8, 4) is 5.75 Å². The van der Waals surface area contributed by atoms with Crippen LogP contribution in [0.25, 0.3) is 6.08 Å². The van der Waals surface area contributed by atoms with Crippen LogP contribution in [-0.2, 0) is 16.2 Å². The van der Waals surface area contributed by atoms with Crippen molar-refractivity contribution in [1.29, 1.82) is 0 Å². The summed E-state index contributed by atoms with van der Waals surface area (Å²) in [6, 6.07) is 15.5. The highest BCUT2D eigenvalue weighted by atomic mass is 127.